The molecule has 0 bridgehead atoms. The fourth-order valence-corrected chi connectivity index (χ4v) is 22.0. The minimum absolute atomic E-state index is 1.09. The molecule has 0 saturated heterocycles. The molecular formula is C142H98N6. The average molecular weight is 1890 g/mol. The third-order valence-corrected chi connectivity index (χ3v) is 29.0. The Morgan fingerprint density at radius 2 is 0.426 bits per heavy atom. The fraction of sp³-hybridized carbons (Fsp3) is 0. The summed E-state index contributed by atoms with van der Waals surface area (Å²) in [6.45, 7) is 0. The smallest absolute Gasteiger partial charge is 0.0619 e. The summed E-state index contributed by atoms with van der Waals surface area (Å²) in [7, 11) is 0. The Kier molecular flexibility index (Phi) is 23.3. The Bertz CT molecular complexity index is 9720. The zero-order chi connectivity index (χ0) is 98.2. The zero-order valence-corrected chi connectivity index (χ0v) is 81.3. The van der Waals surface area contributed by atoms with Crippen LogP contribution in [0.1, 0.15) is 0 Å². The van der Waals surface area contributed by atoms with Crippen LogP contribution >= 0.6 is 0 Å². The quantitative estimate of drug-likeness (QED) is 0.0856. The Labute approximate surface area is 860 Å². The van der Waals surface area contributed by atoms with E-state index in [0.717, 1.165) is 62.6 Å². The van der Waals surface area contributed by atoms with Crippen molar-refractivity contribution in [3.05, 3.63) is 595 Å². The van der Waals surface area contributed by atoms with E-state index in [1.54, 1.807) is 0 Å². The molecule has 0 aliphatic carbocycles. The maximum absolute atomic E-state index is 2.43. The van der Waals surface area contributed by atoms with Crippen molar-refractivity contribution in [1.29, 1.82) is 0 Å². The normalized spacial score (nSPS) is 11.4. The topological polar surface area (TPSA) is 24.5 Å². The first-order chi connectivity index (χ1) is 73.4. The van der Waals surface area contributed by atoms with Crippen molar-refractivity contribution in [3.8, 4) is 83.8 Å². The molecule has 0 unspecified atom stereocenters. The average Bonchev–Trinajstić information content (AvgIpc) is 1.59. The van der Waals surface area contributed by atoms with Crippen molar-refractivity contribution in [2.75, 3.05) is 14.7 Å². The van der Waals surface area contributed by atoms with E-state index < -0.39 is 0 Å². The van der Waals surface area contributed by atoms with Gasteiger partial charge in [0.1, 0.15) is 0 Å². The molecule has 0 saturated carbocycles. The van der Waals surface area contributed by atoms with Crippen LogP contribution in [0.15, 0.2) is 595 Å². The third-order valence-electron chi connectivity index (χ3n) is 29.0. The second kappa shape index (κ2) is 39.0. The number of benzene rings is 25. The van der Waals surface area contributed by atoms with E-state index in [1.165, 1.54) is 181 Å². The van der Waals surface area contributed by atoms with Gasteiger partial charge in [-0.05, 0) is 276 Å². The molecule has 0 N–H and O–H groups in total. The summed E-state index contributed by atoms with van der Waals surface area (Å²) in [5, 5.41) is 17.3. The lowest BCUT2D eigenvalue weighted by Gasteiger charge is -2.29. The second-order valence-electron chi connectivity index (χ2n) is 37.9. The van der Waals surface area contributed by atoms with Crippen molar-refractivity contribution in [2.45, 2.75) is 0 Å². The SMILES string of the molecule is c1ccc(-c2ccc(N(c3ccc4c(c3)c3ccc5ccccc5c3n4-c3ccccc3)c3ccc(-c4ccccc4)cc3-c3ccccc3)cc2)cc1.c1ccc(-c2ccc(N(c3cccc(-c4ccccc4)c3)c3ccc4cc5c(cc4c3)c3ccccc3n5-c3ccccc3)cc2)cc1.c1ccc(N(c2ccc(-c3ccc4ccccc4c3)cc2)c2ccc3c(c2)c2ccc4ccccc4c2n3-c2ccccc2)cc1. The van der Waals surface area contributed by atoms with Gasteiger partial charge in [-0.15, -0.1) is 0 Å². The monoisotopic (exact) mass is 1890 g/mol. The van der Waals surface area contributed by atoms with Gasteiger partial charge in [0.25, 0.3) is 0 Å². The van der Waals surface area contributed by atoms with Crippen LogP contribution in [0.25, 0.3) is 192 Å². The van der Waals surface area contributed by atoms with Crippen LogP contribution in [-0.2, 0) is 0 Å². The Morgan fingerprint density at radius 3 is 0.946 bits per heavy atom. The number of hydrogen-bond acceptors (Lipinski definition) is 3. The summed E-state index contributed by atoms with van der Waals surface area (Å²) in [5.74, 6) is 0. The predicted octanol–water partition coefficient (Wildman–Crippen LogP) is 39.4. The number of para-hydroxylation sites is 5. The Morgan fingerprint density at radius 1 is 0.122 bits per heavy atom. The molecule has 0 radical (unpaired) electrons. The van der Waals surface area contributed by atoms with E-state index in [1.807, 2.05) is 0 Å². The molecule has 3 heterocycles. The molecule has 148 heavy (non-hydrogen) atoms. The predicted molar refractivity (Wildman–Crippen MR) is 629 cm³/mol. The highest BCUT2D eigenvalue weighted by Crippen LogP contribution is 2.50. The van der Waals surface area contributed by atoms with Gasteiger partial charge < -0.3 is 28.4 Å². The molecule has 0 atom stereocenters. The number of anilines is 9. The van der Waals surface area contributed by atoms with Gasteiger partial charge in [-0.25, -0.2) is 0 Å². The standard InChI is InChI=1S/C52H36N2.C46H32N2.C44H30N2/c1-5-15-37(16-6-1)39-25-29-44(30-26-39)53(50-33-28-42(38-17-7-2-8-18-38)35-48(50)40-19-9-3-10-20-40)45-31-34-51-49(36-45)47-32-27-41-21-13-14-24-46(41)52(47)54(51)43-22-11-4-12-23-43;1-4-13-33(14-5-1)35-23-26-40(27-24-35)47(41-20-12-17-36(29-41)34-15-6-2-7-16-34)42-28-25-37-32-46-44(31-38(37)30-42)43-21-10-11-22-45(43)48(46)39-18-8-3-9-19-39;1-3-14-36(15-4-1)45(38-24-21-32(22-25-38)35-20-19-31-11-7-8-13-34(31)29-35)39-26-28-43-42(30-39)41-27-23-33-12-9-10-18-40(33)44(41)46(43)37-16-5-2-6-17-37/h1-36H;1-32H;1-30H. The molecule has 3 aromatic heterocycles. The van der Waals surface area contributed by atoms with Crippen molar-refractivity contribution in [2.24, 2.45) is 0 Å². The van der Waals surface area contributed by atoms with Gasteiger partial charge in [-0.1, -0.05) is 413 Å². The molecule has 6 heteroatoms. The maximum Gasteiger partial charge on any atom is 0.0619 e. The Hall–Kier alpha value is -19.7. The number of rotatable bonds is 18. The molecule has 0 amide bonds. The van der Waals surface area contributed by atoms with E-state index in [9.17, 15) is 0 Å². The summed E-state index contributed by atoms with van der Waals surface area (Å²) < 4.78 is 7.23. The van der Waals surface area contributed by atoms with Gasteiger partial charge in [0.2, 0.25) is 0 Å². The van der Waals surface area contributed by atoms with Crippen molar-refractivity contribution < 1.29 is 0 Å². The van der Waals surface area contributed by atoms with E-state index in [4.69, 9.17) is 0 Å². The number of aromatic nitrogens is 3. The van der Waals surface area contributed by atoms with Crippen LogP contribution in [0.5, 0.6) is 0 Å². The largest absolute Gasteiger partial charge is 0.310 e. The fourth-order valence-electron chi connectivity index (χ4n) is 22.0. The van der Waals surface area contributed by atoms with Gasteiger partial charge in [0, 0.05) is 111 Å². The lowest BCUT2D eigenvalue weighted by molar-refractivity contribution is 1.18. The van der Waals surface area contributed by atoms with Crippen molar-refractivity contribution in [1.82, 2.24) is 13.7 Å². The summed E-state index contributed by atoms with van der Waals surface area (Å²) >= 11 is 0. The minimum atomic E-state index is 1.09. The lowest BCUT2D eigenvalue weighted by atomic mass is 9.96. The first-order valence-electron chi connectivity index (χ1n) is 50.7. The molecule has 6 nitrogen and oxygen atoms in total. The third kappa shape index (κ3) is 16.8. The molecule has 0 aliphatic heterocycles. The van der Waals surface area contributed by atoms with Gasteiger partial charge in [0.15, 0.2) is 0 Å². The summed E-state index contributed by atoms with van der Waals surface area (Å²) in [6, 6.07) is 214. The maximum atomic E-state index is 2.43. The highest BCUT2D eigenvalue weighted by atomic mass is 15.2. The molecule has 0 aliphatic rings. The van der Waals surface area contributed by atoms with Crippen molar-refractivity contribution in [3.63, 3.8) is 0 Å². The molecule has 28 aromatic rings. The van der Waals surface area contributed by atoms with Crippen LogP contribution in [0.4, 0.5) is 51.2 Å². The summed E-state index contributed by atoms with van der Waals surface area (Å²) in [5.41, 5.74) is 35.1. The van der Waals surface area contributed by atoms with Gasteiger partial charge in [0.05, 0.1) is 38.8 Å². The highest BCUT2D eigenvalue weighted by Gasteiger charge is 2.26. The highest BCUT2D eigenvalue weighted by molar-refractivity contribution is 6.22. The number of fused-ring (bicyclic) bond motifs is 15. The molecule has 25 aromatic carbocycles. The van der Waals surface area contributed by atoms with Gasteiger partial charge >= 0.3 is 0 Å². The molecular weight excluding hydrogens is 1790 g/mol. The van der Waals surface area contributed by atoms with Crippen LogP contribution in [0.3, 0.4) is 0 Å². The van der Waals surface area contributed by atoms with E-state index in [0.29, 0.717) is 0 Å². The molecule has 0 fully saturated rings. The number of hydrogen-bond donors (Lipinski definition) is 0. The van der Waals surface area contributed by atoms with Crippen molar-refractivity contribution >= 4 is 160 Å². The van der Waals surface area contributed by atoms with E-state index >= 15 is 0 Å². The summed E-state index contributed by atoms with van der Waals surface area (Å²) in [6.07, 6.45) is 0. The van der Waals surface area contributed by atoms with Crippen LogP contribution < -0.4 is 14.7 Å². The first kappa shape index (κ1) is 88.5. The Balaban J connectivity index is 0.000000113. The molecule has 0 spiro atoms. The zero-order valence-electron chi connectivity index (χ0n) is 81.3. The number of nitrogens with zero attached hydrogens (tertiary/aromatic N) is 6. The molecule has 696 valence electrons. The lowest BCUT2D eigenvalue weighted by Crippen LogP contribution is -2.11. The second-order valence-corrected chi connectivity index (χ2v) is 37.9. The van der Waals surface area contributed by atoms with E-state index in [2.05, 4.69) is 623 Å². The minimum Gasteiger partial charge on any atom is -0.310 e. The van der Waals surface area contributed by atoms with Crippen LogP contribution in [0.2, 0.25) is 0 Å². The first-order valence-corrected chi connectivity index (χ1v) is 50.7. The van der Waals surface area contributed by atoms with E-state index in [-0.39, 0.29) is 0 Å². The van der Waals surface area contributed by atoms with Gasteiger partial charge in [-0.3, -0.25) is 0 Å². The van der Waals surface area contributed by atoms with Crippen LogP contribution in [-0.4, -0.2) is 13.7 Å². The summed E-state index contributed by atoms with van der Waals surface area (Å²) in [4.78, 5) is 7.16. The van der Waals surface area contributed by atoms with Crippen LogP contribution in [0, 0.1) is 0 Å². The van der Waals surface area contributed by atoms with Gasteiger partial charge in [-0.2, -0.15) is 0 Å². The molecule has 28 rings (SSSR count).